The Labute approximate surface area is 102 Å². The lowest BCUT2D eigenvalue weighted by molar-refractivity contribution is 0.199. The molecule has 0 aliphatic heterocycles. The van der Waals surface area contributed by atoms with Crippen LogP contribution in [0.2, 0.25) is 0 Å². The van der Waals surface area contributed by atoms with Gasteiger partial charge in [0.05, 0.1) is 13.3 Å². The number of rotatable bonds is 3. The summed E-state index contributed by atoms with van der Waals surface area (Å²) in [6.07, 6.45) is 0.146. The lowest BCUT2D eigenvalue weighted by atomic mass is 10.1. The summed E-state index contributed by atoms with van der Waals surface area (Å²) >= 11 is 0. The summed E-state index contributed by atoms with van der Waals surface area (Å²) in [5, 5.41) is 14.1. The SMILES string of the molecule is COc1cnn(C)c1C(O)c1ccc(F)cc1F. The molecule has 0 fully saturated rings. The van der Waals surface area contributed by atoms with Crippen LogP contribution in [0, 0.1) is 11.6 Å². The average molecular weight is 254 g/mol. The van der Waals surface area contributed by atoms with Crippen LogP contribution in [0.3, 0.4) is 0 Å². The van der Waals surface area contributed by atoms with Gasteiger partial charge in [-0.3, -0.25) is 4.68 Å². The van der Waals surface area contributed by atoms with Gasteiger partial charge in [0.2, 0.25) is 0 Å². The molecule has 0 aliphatic carbocycles. The highest BCUT2D eigenvalue weighted by atomic mass is 19.1. The summed E-state index contributed by atoms with van der Waals surface area (Å²) in [6, 6.07) is 3.01. The standard InChI is InChI=1S/C12H12F2N2O2/c1-16-11(10(18-2)6-15-16)12(17)8-4-3-7(13)5-9(8)14/h3-6,12,17H,1-2H3. The minimum atomic E-state index is -1.27. The third-order valence-electron chi connectivity index (χ3n) is 2.69. The second kappa shape index (κ2) is 4.73. The van der Waals surface area contributed by atoms with Crippen molar-refractivity contribution in [3.05, 3.63) is 47.3 Å². The van der Waals surface area contributed by atoms with Crippen molar-refractivity contribution in [3.8, 4) is 5.75 Å². The predicted molar refractivity (Wildman–Crippen MR) is 60.2 cm³/mol. The number of hydrogen-bond donors (Lipinski definition) is 1. The zero-order chi connectivity index (χ0) is 13.3. The highest BCUT2D eigenvalue weighted by Gasteiger charge is 2.23. The van der Waals surface area contributed by atoms with Crippen molar-refractivity contribution < 1.29 is 18.6 Å². The molecule has 0 radical (unpaired) electrons. The van der Waals surface area contributed by atoms with Crippen molar-refractivity contribution in [1.82, 2.24) is 9.78 Å². The first-order valence-corrected chi connectivity index (χ1v) is 5.23. The van der Waals surface area contributed by atoms with E-state index in [1.165, 1.54) is 24.1 Å². The molecule has 0 aliphatic rings. The lowest BCUT2D eigenvalue weighted by Crippen LogP contribution is -2.09. The zero-order valence-corrected chi connectivity index (χ0v) is 9.89. The van der Waals surface area contributed by atoms with E-state index >= 15 is 0 Å². The molecule has 4 nitrogen and oxygen atoms in total. The molecular weight excluding hydrogens is 242 g/mol. The molecule has 1 aromatic carbocycles. The van der Waals surface area contributed by atoms with Gasteiger partial charge >= 0.3 is 0 Å². The molecule has 6 heteroatoms. The Kier molecular flexibility index (Phi) is 3.29. The molecule has 0 saturated carbocycles. The van der Waals surface area contributed by atoms with E-state index in [1.807, 2.05) is 0 Å². The van der Waals surface area contributed by atoms with Crippen LogP contribution < -0.4 is 4.74 Å². The van der Waals surface area contributed by atoms with Gasteiger partial charge in [0.25, 0.3) is 0 Å². The summed E-state index contributed by atoms with van der Waals surface area (Å²) in [6.45, 7) is 0. The quantitative estimate of drug-likeness (QED) is 0.908. The van der Waals surface area contributed by atoms with Gasteiger partial charge in [0, 0.05) is 18.7 Å². The van der Waals surface area contributed by atoms with Crippen molar-refractivity contribution >= 4 is 0 Å². The minimum Gasteiger partial charge on any atom is -0.493 e. The van der Waals surface area contributed by atoms with Crippen LogP contribution in [0.5, 0.6) is 5.75 Å². The molecule has 96 valence electrons. The fourth-order valence-electron chi connectivity index (χ4n) is 1.77. The molecule has 1 aromatic heterocycles. The molecule has 18 heavy (non-hydrogen) atoms. The molecule has 0 amide bonds. The second-order valence-corrected chi connectivity index (χ2v) is 3.79. The largest absolute Gasteiger partial charge is 0.493 e. The monoisotopic (exact) mass is 254 g/mol. The number of aryl methyl sites for hydroxylation is 1. The van der Waals surface area contributed by atoms with E-state index in [9.17, 15) is 13.9 Å². The second-order valence-electron chi connectivity index (χ2n) is 3.79. The van der Waals surface area contributed by atoms with Crippen LogP contribution in [-0.4, -0.2) is 22.0 Å². The fraction of sp³-hybridized carbons (Fsp3) is 0.250. The van der Waals surface area contributed by atoms with Gasteiger partial charge in [-0.15, -0.1) is 0 Å². The van der Waals surface area contributed by atoms with E-state index in [0.29, 0.717) is 11.4 Å². The molecule has 0 saturated heterocycles. The van der Waals surface area contributed by atoms with Crippen LogP contribution in [-0.2, 0) is 7.05 Å². The first kappa shape index (κ1) is 12.5. The van der Waals surface area contributed by atoms with Gasteiger partial charge in [0.15, 0.2) is 5.75 Å². The normalized spacial score (nSPS) is 12.5. The Morgan fingerprint density at radius 1 is 1.39 bits per heavy atom. The Balaban J connectivity index is 2.47. The van der Waals surface area contributed by atoms with Gasteiger partial charge in [-0.1, -0.05) is 6.07 Å². The highest BCUT2D eigenvalue weighted by Crippen LogP contribution is 2.30. The Hall–Kier alpha value is -1.95. The van der Waals surface area contributed by atoms with Crippen molar-refractivity contribution in [1.29, 1.82) is 0 Å². The van der Waals surface area contributed by atoms with Gasteiger partial charge in [-0.2, -0.15) is 5.10 Å². The number of nitrogens with zero attached hydrogens (tertiary/aromatic N) is 2. The van der Waals surface area contributed by atoms with E-state index in [2.05, 4.69) is 5.10 Å². The molecular formula is C12H12F2N2O2. The van der Waals surface area contributed by atoms with E-state index in [4.69, 9.17) is 4.74 Å². The third-order valence-corrected chi connectivity index (χ3v) is 2.69. The molecule has 2 rings (SSSR count). The van der Waals surface area contributed by atoms with Crippen molar-refractivity contribution in [3.63, 3.8) is 0 Å². The number of ether oxygens (including phenoxy) is 1. The van der Waals surface area contributed by atoms with E-state index < -0.39 is 17.7 Å². The smallest absolute Gasteiger partial charge is 0.162 e. The molecule has 1 unspecified atom stereocenters. The zero-order valence-electron chi connectivity index (χ0n) is 9.89. The fourth-order valence-corrected chi connectivity index (χ4v) is 1.77. The number of benzene rings is 1. The predicted octanol–water partition coefficient (Wildman–Crippen LogP) is 1.79. The number of aliphatic hydroxyl groups is 1. The van der Waals surface area contributed by atoms with Crippen molar-refractivity contribution in [2.24, 2.45) is 7.05 Å². The molecule has 1 heterocycles. The Morgan fingerprint density at radius 3 is 2.72 bits per heavy atom. The van der Waals surface area contributed by atoms with Crippen molar-refractivity contribution in [2.75, 3.05) is 7.11 Å². The van der Waals surface area contributed by atoms with Crippen LogP contribution in [0.15, 0.2) is 24.4 Å². The maximum Gasteiger partial charge on any atom is 0.162 e. The van der Waals surface area contributed by atoms with Crippen LogP contribution >= 0.6 is 0 Å². The van der Waals surface area contributed by atoms with Gasteiger partial charge in [0.1, 0.15) is 23.4 Å². The number of aromatic nitrogens is 2. The number of methoxy groups -OCH3 is 1. The summed E-state index contributed by atoms with van der Waals surface area (Å²) in [5.41, 5.74) is 0.279. The summed E-state index contributed by atoms with van der Waals surface area (Å²) < 4.78 is 32.8. The molecule has 0 bridgehead atoms. The molecule has 1 atom stereocenters. The first-order valence-electron chi connectivity index (χ1n) is 5.23. The van der Waals surface area contributed by atoms with E-state index in [1.54, 1.807) is 7.05 Å². The summed E-state index contributed by atoms with van der Waals surface area (Å²) in [7, 11) is 3.02. The van der Waals surface area contributed by atoms with E-state index in [-0.39, 0.29) is 5.56 Å². The van der Waals surface area contributed by atoms with Gasteiger partial charge in [-0.05, 0) is 6.07 Å². The van der Waals surface area contributed by atoms with Crippen molar-refractivity contribution in [2.45, 2.75) is 6.10 Å². The third kappa shape index (κ3) is 2.06. The van der Waals surface area contributed by atoms with E-state index in [0.717, 1.165) is 12.1 Å². The van der Waals surface area contributed by atoms with Crippen LogP contribution in [0.1, 0.15) is 17.4 Å². The maximum absolute atomic E-state index is 13.6. The summed E-state index contributed by atoms with van der Waals surface area (Å²) in [4.78, 5) is 0. The van der Waals surface area contributed by atoms with Crippen LogP contribution in [0.25, 0.3) is 0 Å². The van der Waals surface area contributed by atoms with Gasteiger partial charge in [-0.25, -0.2) is 8.78 Å². The maximum atomic E-state index is 13.6. The minimum absolute atomic E-state index is 0.0294. The molecule has 0 spiro atoms. The highest BCUT2D eigenvalue weighted by molar-refractivity contribution is 5.35. The summed E-state index contributed by atoms with van der Waals surface area (Å²) in [5.74, 6) is -1.17. The molecule has 2 aromatic rings. The average Bonchev–Trinajstić information content (AvgIpc) is 2.69. The Morgan fingerprint density at radius 2 is 2.11 bits per heavy atom. The number of aliphatic hydroxyl groups excluding tert-OH is 1. The lowest BCUT2D eigenvalue weighted by Gasteiger charge is -2.14. The topological polar surface area (TPSA) is 47.3 Å². The van der Waals surface area contributed by atoms with Gasteiger partial charge < -0.3 is 9.84 Å². The number of halogens is 2. The first-order chi connectivity index (χ1) is 8.54. The number of hydrogen-bond acceptors (Lipinski definition) is 3. The van der Waals surface area contributed by atoms with Crippen LogP contribution in [0.4, 0.5) is 8.78 Å². The Bertz CT molecular complexity index is 569. The molecule has 1 N–H and O–H groups in total.